The van der Waals surface area contributed by atoms with Crippen molar-refractivity contribution in [2.24, 2.45) is 7.05 Å². The van der Waals surface area contributed by atoms with Gasteiger partial charge in [0.05, 0.1) is 0 Å². The molecule has 7 heteroatoms. The van der Waals surface area contributed by atoms with Crippen LogP contribution >= 0.6 is 0 Å². The lowest BCUT2D eigenvalue weighted by Crippen LogP contribution is -2.12. The van der Waals surface area contributed by atoms with Gasteiger partial charge in [-0.3, -0.25) is 14.8 Å². The monoisotopic (exact) mass is 359 g/mol. The lowest BCUT2D eigenvalue weighted by Gasteiger charge is -2.04. The molecule has 1 N–H and O–H groups in total. The fourth-order valence-corrected chi connectivity index (χ4v) is 2.68. The number of nitrogens with zero attached hydrogens (tertiary/aromatic N) is 4. The molecule has 0 saturated carbocycles. The number of hydrogen-bond acceptors (Lipinski definition) is 5. The van der Waals surface area contributed by atoms with Crippen LogP contribution in [-0.2, 0) is 13.5 Å². The Balaban J connectivity index is 1.42. The first kappa shape index (κ1) is 16.7. The van der Waals surface area contributed by atoms with Gasteiger partial charge in [-0.05, 0) is 35.7 Å². The van der Waals surface area contributed by atoms with Crippen LogP contribution in [0.5, 0.6) is 0 Å². The predicted molar refractivity (Wildman–Crippen MR) is 100 cm³/mol. The lowest BCUT2D eigenvalue weighted by atomic mass is 10.0. The van der Waals surface area contributed by atoms with Crippen molar-refractivity contribution in [1.29, 1.82) is 0 Å². The van der Waals surface area contributed by atoms with E-state index in [9.17, 15) is 4.79 Å². The number of hydrogen-bond donors (Lipinski definition) is 1. The number of carbonyl (C=O) groups excluding carboxylic acids is 1. The predicted octanol–water partition coefficient (Wildman–Crippen LogP) is 3.31. The van der Waals surface area contributed by atoms with Crippen molar-refractivity contribution in [1.82, 2.24) is 20.0 Å². The molecule has 2 heterocycles. The molecule has 27 heavy (non-hydrogen) atoms. The van der Waals surface area contributed by atoms with Gasteiger partial charge in [0.15, 0.2) is 0 Å². The smallest absolute Gasteiger partial charge is 0.322 e. The summed E-state index contributed by atoms with van der Waals surface area (Å²) in [6.45, 7) is 0. The number of aryl methyl sites for hydroxylation is 1. The Hall–Kier alpha value is -3.74. The summed E-state index contributed by atoms with van der Waals surface area (Å²) >= 11 is 0. The molecule has 134 valence electrons. The highest BCUT2D eigenvalue weighted by molar-refractivity contribution is 6.03. The zero-order chi connectivity index (χ0) is 18.6. The average molecular weight is 359 g/mol. The van der Waals surface area contributed by atoms with Crippen LogP contribution in [-0.4, -0.2) is 25.9 Å². The largest absolute Gasteiger partial charge is 0.401 e. The van der Waals surface area contributed by atoms with E-state index >= 15 is 0 Å². The first-order valence-electron chi connectivity index (χ1n) is 8.45. The summed E-state index contributed by atoms with van der Waals surface area (Å²) in [6.07, 6.45) is 2.59. The van der Waals surface area contributed by atoms with Gasteiger partial charge in [0.1, 0.15) is 5.69 Å². The number of benzene rings is 2. The molecule has 4 aromatic rings. The normalized spacial score (nSPS) is 10.7. The summed E-state index contributed by atoms with van der Waals surface area (Å²) in [4.78, 5) is 12.4. The molecule has 0 fully saturated rings. The quantitative estimate of drug-likeness (QED) is 0.591. The van der Waals surface area contributed by atoms with Gasteiger partial charge in [0, 0.05) is 18.8 Å². The lowest BCUT2D eigenvalue weighted by molar-refractivity contribution is 0.102. The van der Waals surface area contributed by atoms with Crippen LogP contribution in [0.4, 0.5) is 6.01 Å². The highest BCUT2D eigenvalue weighted by atomic mass is 16.4. The van der Waals surface area contributed by atoms with Crippen molar-refractivity contribution in [3.05, 3.63) is 83.6 Å². The second-order valence-electron chi connectivity index (χ2n) is 6.10. The van der Waals surface area contributed by atoms with Crippen LogP contribution < -0.4 is 5.32 Å². The highest BCUT2D eigenvalue weighted by Gasteiger charge is 2.14. The molecule has 7 nitrogen and oxygen atoms in total. The zero-order valence-electron chi connectivity index (χ0n) is 14.7. The van der Waals surface area contributed by atoms with Gasteiger partial charge >= 0.3 is 6.01 Å². The van der Waals surface area contributed by atoms with Crippen molar-refractivity contribution in [3.8, 4) is 11.6 Å². The van der Waals surface area contributed by atoms with Gasteiger partial charge in [-0.1, -0.05) is 47.6 Å². The van der Waals surface area contributed by atoms with E-state index in [1.54, 1.807) is 36.1 Å². The molecule has 0 bridgehead atoms. The fourth-order valence-electron chi connectivity index (χ4n) is 2.68. The van der Waals surface area contributed by atoms with Crippen molar-refractivity contribution >= 4 is 11.9 Å². The van der Waals surface area contributed by atoms with E-state index in [2.05, 4.69) is 32.7 Å². The first-order valence-corrected chi connectivity index (χ1v) is 8.45. The van der Waals surface area contributed by atoms with E-state index in [4.69, 9.17) is 4.42 Å². The SMILES string of the molecule is Cn1ccc(-c2nnc(NC(=O)c3ccc(Cc4ccccc4)cc3)o2)n1. The molecule has 0 atom stereocenters. The molecule has 0 radical (unpaired) electrons. The number of anilines is 1. The van der Waals surface area contributed by atoms with Crippen LogP contribution in [0, 0.1) is 0 Å². The second kappa shape index (κ2) is 7.25. The van der Waals surface area contributed by atoms with Crippen molar-refractivity contribution in [2.75, 3.05) is 5.32 Å². The summed E-state index contributed by atoms with van der Waals surface area (Å²) < 4.78 is 7.08. The second-order valence-corrected chi connectivity index (χ2v) is 6.10. The topological polar surface area (TPSA) is 85.8 Å². The Labute approximate surface area is 155 Å². The summed E-state index contributed by atoms with van der Waals surface area (Å²) in [5.74, 6) is -0.0541. The first-order chi connectivity index (χ1) is 13.2. The Morgan fingerprint density at radius 3 is 2.44 bits per heavy atom. The molecule has 4 rings (SSSR count). The van der Waals surface area contributed by atoms with E-state index in [0.29, 0.717) is 11.3 Å². The molecule has 2 aromatic carbocycles. The van der Waals surface area contributed by atoms with E-state index in [1.165, 1.54) is 5.56 Å². The molecule has 0 spiro atoms. The minimum atomic E-state index is -0.308. The average Bonchev–Trinajstić information content (AvgIpc) is 3.32. The van der Waals surface area contributed by atoms with E-state index in [-0.39, 0.29) is 17.8 Å². The van der Waals surface area contributed by atoms with Crippen LogP contribution in [0.3, 0.4) is 0 Å². The number of nitrogens with one attached hydrogen (secondary N) is 1. The van der Waals surface area contributed by atoms with Crippen molar-refractivity contribution < 1.29 is 9.21 Å². The third kappa shape index (κ3) is 3.92. The maximum Gasteiger partial charge on any atom is 0.322 e. The van der Waals surface area contributed by atoms with E-state index < -0.39 is 0 Å². The molecule has 2 aromatic heterocycles. The summed E-state index contributed by atoms with van der Waals surface area (Å²) in [5.41, 5.74) is 3.43. The Morgan fingerprint density at radius 1 is 1.00 bits per heavy atom. The minimum Gasteiger partial charge on any atom is -0.401 e. The van der Waals surface area contributed by atoms with Gasteiger partial charge in [-0.15, -0.1) is 5.10 Å². The summed E-state index contributed by atoms with van der Waals surface area (Å²) in [6, 6.07) is 19.4. The van der Waals surface area contributed by atoms with Gasteiger partial charge in [-0.2, -0.15) is 5.10 Å². The Bertz CT molecular complexity index is 1050. The van der Waals surface area contributed by atoms with Crippen LogP contribution in [0.2, 0.25) is 0 Å². The zero-order valence-corrected chi connectivity index (χ0v) is 14.7. The standard InChI is InChI=1S/C20H17N5O2/c1-25-12-11-17(24-25)19-22-23-20(27-19)21-18(26)16-9-7-15(8-10-16)13-14-5-3-2-4-6-14/h2-12H,13H2,1H3,(H,21,23,26). The molecule has 1 amide bonds. The van der Waals surface area contributed by atoms with Crippen LogP contribution in [0.1, 0.15) is 21.5 Å². The molecule has 0 aliphatic rings. The van der Waals surface area contributed by atoms with Crippen molar-refractivity contribution in [3.63, 3.8) is 0 Å². The molecular weight excluding hydrogens is 342 g/mol. The minimum absolute atomic E-state index is 0.0361. The fraction of sp³-hybridized carbons (Fsp3) is 0.100. The number of carbonyl (C=O) groups is 1. The van der Waals surface area contributed by atoms with Crippen molar-refractivity contribution in [2.45, 2.75) is 6.42 Å². The number of aromatic nitrogens is 4. The molecule has 0 saturated heterocycles. The van der Waals surface area contributed by atoms with Gasteiger partial charge in [-0.25, -0.2) is 0 Å². The van der Waals surface area contributed by atoms with Gasteiger partial charge in [0.2, 0.25) is 0 Å². The summed E-state index contributed by atoms with van der Waals surface area (Å²) in [7, 11) is 1.80. The maximum atomic E-state index is 12.4. The molecule has 0 aliphatic carbocycles. The Kier molecular flexibility index (Phi) is 4.49. The Morgan fingerprint density at radius 2 is 1.74 bits per heavy atom. The summed E-state index contributed by atoms with van der Waals surface area (Å²) in [5, 5.41) is 14.5. The number of amides is 1. The molecular formula is C20H17N5O2. The van der Waals surface area contributed by atoms with Gasteiger partial charge in [0.25, 0.3) is 11.8 Å². The van der Waals surface area contributed by atoms with E-state index in [1.807, 2.05) is 30.3 Å². The maximum absolute atomic E-state index is 12.4. The van der Waals surface area contributed by atoms with Crippen LogP contribution in [0.25, 0.3) is 11.6 Å². The molecule has 0 unspecified atom stereocenters. The van der Waals surface area contributed by atoms with Gasteiger partial charge < -0.3 is 4.42 Å². The third-order valence-electron chi connectivity index (χ3n) is 4.05. The van der Waals surface area contributed by atoms with Crippen LogP contribution in [0.15, 0.2) is 71.3 Å². The third-order valence-corrected chi connectivity index (χ3v) is 4.05. The highest BCUT2D eigenvalue weighted by Crippen LogP contribution is 2.18. The molecule has 0 aliphatic heterocycles. The van der Waals surface area contributed by atoms with E-state index in [0.717, 1.165) is 12.0 Å². The number of rotatable bonds is 5.